The van der Waals surface area contributed by atoms with Gasteiger partial charge in [0.15, 0.2) is 0 Å². The fraction of sp³-hybridized carbons (Fsp3) is 0.417. The van der Waals surface area contributed by atoms with Crippen molar-refractivity contribution in [2.75, 3.05) is 6.54 Å². The molecular formula is C12H17N3O. The third kappa shape index (κ3) is 2.73. The van der Waals surface area contributed by atoms with Crippen molar-refractivity contribution in [3.8, 4) is 0 Å². The first kappa shape index (κ1) is 11.0. The Labute approximate surface area is 95.3 Å². The highest BCUT2D eigenvalue weighted by molar-refractivity contribution is 5.13. The molecule has 0 saturated heterocycles. The highest BCUT2D eigenvalue weighted by atomic mass is 16.3. The van der Waals surface area contributed by atoms with Crippen LogP contribution in [0.15, 0.2) is 29.0 Å². The van der Waals surface area contributed by atoms with Crippen LogP contribution in [0.3, 0.4) is 0 Å². The van der Waals surface area contributed by atoms with Crippen molar-refractivity contribution >= 4 is 0 Å². The van der Waals surface area contributed by atoms with Gasteiger partial charge >= 0.3 is 0 Å². The van der Waals surface area contributed by atoms with Crippen LogP contribution < -0.4 is 5.32 Å². The molecule has 0 fully saturated rings. The molecule has 0 aliphatic carbocycles. The van der Waals surface area contributed by atoms with Gasteiger partial charge in [-0.25, -0.2) is 0 Å². The molecule has 2 rings (SSSR count). The third-order valence-electron chi connectivity index (χ3n) is 2.38. The van der Waals surface area contributed by atoms with Crippen LogP contribution in [-0.2, 0) is 13.1 Å². The Morgan fingerprint density at radius 2 is 2.38 bits per heavy atom. The Balaban J connectivity index is 1.97. The molecule has 0 spiro atoms. The van der Waals surface area contributed by atoms with Gasteiger partial charge in [0.2, 0.25) is 0 Å². The van der Waals surface area contributed by atoms with E-state index in [1.807, 2.05) is 23.9 Å². The van der Waals surface area contributed by atoms with Crippen molar-refractivity contribution in [2.24, 2.45) is 0 Å². The van der Waals surface area contributed by atoms with E-state index in [-0.39, 0.29) is 0 Å². The molecule has 2 aromatic rings. The molecule has 4 heteroatoms. The fourth-order valence-electron chi connectivity index (χ4n) is 1.58. The van der Waals surface area contributed by atoms with E-state index in [1.165, 1.54) is 5.56 Å². The predicted molar refractivity (Wildman–Crippen MR) is 62.2 cm³/mol. The predicted octanol–water partition coefficient (Wildman–Crippen LogP) is 1.94. The smallest absolute Gasteiger partial charge is 0.125 e. The maximum Gasteiger partial charge on any atom is 0.125 e. The molecule has 0 bridgehead atoms. The molecule has 1 N–H and O–H groups in total. The van der Waals surface area contributed by atoms with Crippen molar-refractivity contribution in [1.29, 1.82) is 0 Å². The lowest BCUT2D eigenvalue weighted by atomic mass is 10.3. The van der Waals surface area contributed by atoms with Gasteiger partial charge in [-0.2, -0.15) is 5.10 Å². The number of hydrogen-bond acceptors (Lipinski definition) is 3. The van der Waals surface area contributed by atoms with Gasteiger partial charge in [0.25, 0.3) is 0 Å². The Bertz CT molecular complexity index is 445. The molecule has 0 aliphatic heterocycles. The van der Waals surface area contributed by atoms with Gasteiger partial charge in [-0.05, 0) is 25.6 Å². The fourth-order valence-corrected chi connectivity index (χ4v) is 1.58. The Morgan fingerprint density at radius 3 is 3.06 bits per heavy atom. The summed E-state index contributed by atoms with van der Waals surface area (Å²) in [7, 11) is 0. The van der Waals surface area contributed by atoms with Crippen LogP contribution in [0, 0.1) is 6.92 Å². The molecule has 0 radical (unpaired) electrons. The van der Waals surface area contributed by atoms with Gasteiger partial charge < -0.3 is 9.73 Å². The molecule has 2 aromatic heterocycles. The van der Waals surface area contributed by atoms with Gasteiger partial charge in [0.1, 0.15) is 5.76 Å². The van der Waals surface area contributed by atoms with Crippen LogP contribution in [0.4, 0.5) is 0 Å². The average molecular weight is 219 g/mol. The minimum absolute atomic E-state index is 0.694. The first-order valence-corrected chi connectivity index (χ1v) is 5.55. The van der Waals surface area contributed by atoms with Gasteiger partial charge in [-0.1, -0.05) is 6.92 Å². The van der Waals surface area contributed by atoms with E-state index in [1.54, 1.807) is 6.26 Å². The molecule has 16 heavy (non-hydrogen) atoms. The maximum atomic E-state index is 5.47. The van der Waals surface area contributed by atoms with Crippen LogP contribution in [0.1, 0.15) is 23.9 Å². The normalized spacial score (nSPS) is 10.9. The van der Waals surface area contributed by atoms with Gasteiger partial charge in [-0.15, -0.1) is 0 Å². The van der Waals surface area contributed by atoms with E-state index >= 15 is 0 Å². The van der Waals surface area contributed by atoms with Crippen LogP contribution in [0.25, 0.3) is 0 Å². The minimum Gasteiger partial charge on any atom is -0.467 e. The average Bonchev–Trinajstić information content (AvgIpc) is 2.86. The molecule has 0 amide bonds. The van der Waals surface area contributed by atoms with E-state index in [0.29, 0.717) is 6.54 Å². The van der Waals surface area contributed by atoms with E-state index in [4.69, 9.17) is 4.42 Å². The first-order valence-electron chi connectivity index (χ1n) is 5.55. The van der Waals surface area contributed by atoms with E-state index in [9.17, 15) is 0 Å². The van der Waals surface area contributed by atoms with Gasteiger partial charge in [0, 0.05) is 18.3 Å². The molecule has 4 nitrogen and oxygen atoms in total. The second-order valence-corrected chi connectivity index (χ2v) is 3.86. The molecule has 0 saturated carbocycles. The van der Waals surface area contributed by atoms with Crippen molar-refractivity contribution < 1.29 is 4.42 Å². The van der Waals surface area contributed by atoms with E-state index in [2.05, 4.69) is 23.4 Å². The summed E-state index contributed by atoms with van der Waals surface area (Å²) in [4.78, 5) is 0. The maximum absolute atomic E-state index is 5.47. The summed E-state index contributed by atoms with van der Waals surface area (Å²) >= 11 is 0. The summed E-state index contributed by atoms with van der Waals surface area (Å²) < 4.78 is 7.35. The molecule has 0 unspecified atom stereocenters. The van der Waals surface area contributed by atoms with Crippen LogP contribution in [0.5, 0.6) is 0 Å². The number of rotatable bonds is 5. The molecule has 0 atom stereocenters. The zero-order chi connectivity index (χ0) is 11.4. The zero-order valence-corrected chi connectivity index (χ0v) is 9.73. The van der Waals surface area contributed by atoms with Gasteiger partial charge in [-0.3, -0.25) is 4.68 Å². The molecule has 0 aliphatic rings. The minimum atomic E-state index is 0.694. The van der Waals surface area contributed by atoms with Crippen LogP contribution >= 0.6 is 0 Å². The van der Waals surface area contributed by atoms with Crippen molar-refractivity contribution in [3.63, 3.8) is 0 Å². The number of nitrogens with one attached hydrogen (secondary N) is 1. The van der Waals surface area contributed by atoms with E-state index < -0.39 is 0 Å². The topological polar surface area (TPSA) is 43.0 Å². The lowest BCUT2D eigenvalue weighted by molar-refractivity contribution is 0.477. The number of aryl methyl sites for hydroxylation is 1. The molecule has 0 aromatic carbocycles. The second kappa shape index (κ2) is 4.99. The number of hydrogen-bond donors (Lipinski definition) is 1. The lowest BCUT2D eigenvalue weighted by Gasteiger charge is -1.97. The molecule has 86 valence electrons. The standard InChI is InChI=1S/C12H17N3O/c1-3-13-7-11-6-12(16-9-11)8-15-5-4-10(2)14-15/h4-6,9,13H,3,7-8H2,1-2H3. The number of furan rings is 1. The van der Waals surface area contributed by atoms with Crippen molar-refractivity contribution in [2.45, 2.75) is 26.9 Å². The molecular weight excluding hydrogens is 202 g/mol. The van der Waals surface area contributed by atoms with Crippen LogP contribution in [0.2, 0.25) is 0 Å². The largest absolute Gasteiger partial charge is 0.467 e. The van der Waals surface area contributed by atoms with Gasteiger partial charge in [0.05, 0.1) is 18.5 Å². The summed E-state index contributed by atoms with van der Waals surface area (Å²) in [5, 5.41) is 7.58. The SMILES string of the molecule is CCNCc1coc(Cn2ccc(C)n2)c1. The van der Waals surface area contributed by atoms with Crippen LogP contribution in [-0.4, -0.2) is 16.3 Å². The molecule has 2 heterocycles. The summed E-state index contributed by atoms with van der Waals surface area (Å²) in [5.41, 5.74) is 2.21. The summed E-state index contributed by atoms with van der Waals surface area (Å²) in [6.07, 6.45) is 3.76. The summed E-state index contributed by atoms with van der Waals surface area (Å²) in [5.74, 6) is 0.941. The highest BCUT2D eigenvalue weighted by Gasteiger charge is 2.03. The Kier molecular flexibility index (Phi) is 3.41. The van der Waals surface area contributed by atoms with Crippen molar-refractivity contribution in [1.82, 2.24) is 15.1 Å². The lowest BCUT2D eigenvalue weighted by Crippen LogP contribution is -2.10. The monoisotopic (exact) mass is 219 g/mol. The first-order chi connectivity index (χ1) is 7.78. The zero-order valence-electron chi connectivity index (χ0n) is 9.73. The quantitative estimate of drug-likeness (QED) is 0.835. The highest BCUT2D eigenvalue weighted by Crippen LogP contribution is 2.09. The number of aromatic nitrogens is 2. The summed E-state index contributed by atoms with van der Waals surface area (Å²) in [6.45, 7) is 6.60. The second-order valence-electron chi connectivity index (χ2n) is 3.86. The van der Waals surface area contributed by atoms with Crippen molar-refractivity contribution in [3.05, 3.63) is 41.6 Å². The third-order valence-corrected chi connectivity index (χ3v) is 2.38. The van der Waals surface area contributed by atoms with E-state index in [0.717, 1.165) is 24.5 Å². The number of nitrogens with zero attached hydrogens (tertiary/aromatic N) is 2. The Hall–Kier alpha value is -1.55. The Morgan fingerprint density at radius 1 is 1.50 bits per heavy atom. The summed E-state index contributed by atoms with van der Waals surface area (Å²) in [6, 6.07) is 4.06.